The number of hydrogen-bond donors (Lipinski definition) is 2. The number of rotatable bonds is 6. The van der Waals surface area contributed by atoms with Crippen LogP contribution in [-0.2, 0) is 6.54 Å². The van der Waals surface area contributed by atoms with Crippen LogP contribution in [0.5, 0.6) is 0 Å². The van der Waals surface area contributed by atoms with Crippen LogP contribution in [-0.4, -0.2) is 16.5 Å². The molecule has 0 aliphatic rings. The van der Waals surface area contributed by atoms with E-state index >= 15 is 0 Å². The molecule has 0 radical (unpaired) electrons. The third-order valence-corrected chi connectivity index (χ3v) is 2.82. The van der Waals surface area contributed by atoms with Crippen molar-refractivity contribution in [2.75, 3.05) is 17.2 Å². The lowest BCUT2D eigenvalue weighted by Gasteiger charge is -2.09. The number of hydrogen-bond acceptors (Lipinski definition) is 4. The van der Waals surface area contributed by atoms with Crippen molar-refractivity contribution in [2.45, 2.75) is 26.8 Å². The molecule has 0 aliphatic carbocycles. The highest BCUT2D eigenvalue weighted by Crippen LogP contribution is 2.13. The molecule has 20 heavy (non-hydrogen) atoms. The molecular weight excluding hydrogens is 255 g/mol. The minimum absolute atomic E-state index is 0.222. The zero-order valence-electron chi connectivity index (χ0n) is 11.8. The van der Waals surface area contributed by atoms with Gasteiger partial charge in [-0.1, -0.05) is 36.8 Å². The molecule has 4 nitrogen and oxygen atoms in total. The first-order valence-corrected chi connectivity index (χ1v) is 6.75. The van der Waals surface area contributed by atoms with Gasteiger partial charge in [-0.3, -0.25) is 0 Å². The molecule has 0 spiro atoms. The molecule has 0 saturated heterocycles. The Labute approximate surface area is 118 Å². The fourth-order valence-corrected chi connectivity index (χ4v) is 1.82. The largest absolute Gasteiger partial charge is 0.363 e. The molecule has 1 heterocycles. The summed E-state index contributed by atoms with van der Waals surface area (Å²) in [5, 5.41) is 6.05. The van der Waals surface area contributed by atoms with Crippen LogP contribution in [0, 0.1) is 12.7 Å². The Balaban J connectivity index is 2.04. The van der Waals surface area contributed by atoms with E-state index in [2.05, 4.69) is 26.7 Å². The van der Waals surface area contributed by atoms with Gasteiger partial charge in [0, 0.05) is 13.1 Å². The Morgan fingerprint density at radius 2 is 2.10 bits per heavy atom. The summed E-state index contributed by atoms with van der Waals surface area (Å²) in [6.07, 6.45) is 2.15. The van der Waals surface area contributed by atoms with E-state index in [-0.39, 0.29) is 5.82 Å². The third-order valence-electron chi connectivity index (χ3n) is 2.82. The van der Waals surface area contributed by atoms with Crippen molar-refractivity contribution in [2.24, 2.45) is 0 Å². The summed E-state index contributed by atoms with van der Waals surface area (Å²) in [6.45, 7) is 5.38. The third kappa shape index (κ3) is 3.91. The SMILES string of the molecule is CCCNc1ncc(F)c(NCc2cccc(C)c2)n1. The molecule has 5 heteroatoms. The quantitative estimate of drug-likeness (QED) is 0.848. The number of nitrogens with zero attached hydrogens (tertiary/aromatic N) is 2. The first-order chi connectivity index (χ1) is 9.69. The second-order valence-corrected chi connectivity index (χ2v) is 4.66. The van der Waals surface area contributed by atoms with E-state index in [1.54, 1.807) is 0 Å². The van der Waals surface area contributed by atoms with Crippen LogP contribution >= 0.6 is 0 Å². The fraction of sp³-hybridized carbons (Fsp3) is 0.333. The molecule has 2 N–H and O–H groups in total. The van der Waals surface area contributed by atoms with Crippen molar-refractivity contribution >= 4 is 11.8 Å². The Hall–Kier alpha value is -2.17. The van der Waals surface area contributed by atoms with E-state index in [0.29, 0.717) is 12.5 Å². The van der Waals surface area contributed by atoms with E-state index in [1.807, 2.05) is 32.0 Å². The van der Waals surface area contributed by atoms with E-state index in [0.717, 1.165) is 18.5 Å². The number of benzene rings is 1. The van der Waals surface area contributed by atoms with Gasteiger partial charge in [-0.05, 0) is 18.9 Å². The molecule has 0 saturated carbocycles. The van der Waals surface area contributed by atoms with Gasteiger partial charge < -0.3 is 10.6 Å². The molecule has 0 fully saturated rings. The van der Waals surface area contributed by atoms with Gasteiger partial charge in [-0.25, -0.2) is 9.37 Å². The molecule has 1 aromatic heterocycles. The molecule has 0 bridgehead atoms. The Kier molecular flexibility index (Phi) is 4.87. The lowest BCUT2D eigenvalue weighted by molar-refractivity contribution is 0.617. The van der Waals surface area contributed by atoms with Crippen LogP contribution < -0.4 is 10.6 Å². The van der Waals surface area contributed by atoms with Crippen molar-refractivity contribution < 1.29 is 4.39 Å². The highest BCUT2D eigenvalue weighted by atomic mass is 19.1. The van der Waals surface area contributed by atoms with Crippen LogP contribution in [0.3, 0.4) is 0 Å². The number of nitrogens with one attached hydrogen (secondary N) is 2. The summed E-state index contributed by atoms with van der Waals surface area (Å²) in [4.78, 5) is 8.05. The van der Waals surface area contributed by atoms with Crippen molar-refractivity contribution in [1.29, 1.82) is 0 Å². The van der Waals surface area contributed by atoms with Gasteiger partial charge in [0.05, 0.1) is 6.20 Å². The minimum Gasteiger partial charge on any atom is -0.363 e. The Bertz CT molecular complexity index is 572. The van der Waals surface area contributed by atoms with Gasteiger partial charge >= 0.3 is 0 Å². The van der Waals surface area contributed by atoms with Crippen LogP contribution in [0.15, 0.2) is 30.5 Å². The zero-order chi connectivity index (χ0) is 14.4. The Morgan fingerprint density at radius 1 is 1.25 bits per heavy atom. The molecule has 0 aliphatic heterocycles. The highest BCUT2D eigenvalue weighted by Gasteiger charge is 2.06. The average Bonchev–Trinajstić information content (AvgIpc) is 2.45. The van der Waals surface area contributed by atoms with Crippen molar-refractivity contribution in [3.63, 3.8) is 0 Å². The van der Waals surface area contributed by atoms with Crippen molar-refractivity contribution in [3.8, 4) is 0 Å². The monoisotopic (exact) mass is 274 g/mol. The first kappa shape index (κ1) is 14.2. The minimum atomic E-state index is -0.445. The van der Waals surface area contributed by atoms with Crippen LogP contribution in [0.4, 0.5) is 16.2 Å². The summed E-state index contributed by atoms with van der Waals surface area (Å²) in [6, 6.07) is 8.07. The molecule has 2 aromatic rings. The summed E-state index contributed by atoms with van der Waals surface area (Å²) in [7, 11) is 0. The number of aromatic nitrogens is 2. The fourth-order valence-electron chi connectivity index (χ4n) is 1.82. The predicted octanol–water partition coefficient (Wildman–Crippen LogP) is 3.36. The maximum Gasteiger partial charge on any atom is 0.224 e. The first-order valence-electron chi connectivity index (χ1n) is 6.75. The topological polar surface area (TPSA) is 49.8 Å². The standard InChI is InChI=1S/C15H19FN4/c1-3-7-17-15-19-10-13(16)14(20-15)18-9-12-6-4-5-11(2)8-12/h4-6,8,10H,3,7,9H2,1-2H3,(H2,17,18,19,20). The van der Waals surface area contributed by atoms with Crippen LogP contribution in [0.2, 0.25) is 0 Å². The van der Waals surface area contributed by atoms with Gasteiger partial charge in [-0.2, -0.15) is 4.98 Å². The lowest BCUT2D eigenvalue weighted by atomic mass is 10.1. The molecule has 106 valence electrons. The van der Waals surface area contributed by atoms with E-state index in [9.17, 15) is 4.39 Å². The average molecular weight is 274 g/mol. The maximum atomic E-state index is 13.7. The smallest absolute Gasteiger partial charge is 0.224 e. The Morgan fingerprint density at radius 3 is 2.85 bits per heavy atom. The normalized spacial score (nSPS) is 10.3. The number of aryl methyl sites for hydroxylation is 1. The number of anilines is 2. The van der Waals surface area contributed by atoms with E-state index in [1.165, 1.54) is 11.8 Å². The van der Waals surface area contributed by atoms with E-state index in [4.69, 9.17) is 0 Å². The molecule has 2 rings (SSSR count). The van der Waals surface area contributed by atoms with E-state index < -0.39 is 5.82 Å². The van der Waals surface area contributed by atoms with Gasteiger partial charge in [0.25, 0.3) is 0 Å². The summed E-state index contributed by atoms with van der Waals surface area (Å²) in [5.41, 5.74) is 2.27. The summed E-state index contributed by atoms with van der Waals surface area (Å²) >= 11 is 0. The second-order valence-electron chi connectivity index (χ2n) is 4.66. The maximum absolute atomic E-state index is 13.7. The number of halogens is 1. The van der Waals surface area contributed by atoms with Crippen LogP contribution in [0.1, 0.15) is 24.5 Å². The lowest BCUT2D eigenvalue weighted by Crippen LogP contribution is -2.09. The molecule has 1 aromatic carbocycles. The second kappa shape index (κ2) is 6.84. The van der Waals surface area contributed by atoms with Crippen LogP contribution in [0.25, 0.3) is 0 Å². The zero-order valence-corrected chi connectivity index (χ0v) is 11.8. The van der Waals surface area contributed by atoms with Crippen molar-refractivity contribution in [3.05, 3.63) is 47.4 Å². The molecule has 0 amide bonds. The van der Waals surface area contributed by atoms with Gasteiger partial charge in [0.1, 0.15) is 0 Å². The molecule has 0 atom stereocenters. The van der Waals surface area contributed by atoms with Gasteiger partial charge in [0.15, 0.2) is 11.6 Å². The van der Waals surface area contributed by atoms with Crippen molar-refractivity contribution in [1.82, 2.24) is 9.97 Å². The van der Waals surface area contributed by atoms with Gasteiger partial charge in [0.2, 0.25) is 5.95 Å². The highest BCUT2D eigenvalue weighted by molar-refractivity contribution is 5.41. The predicted molar refractivity (Wildman–Crippen MR) is 79.3 cm³/mol. The summed E-state index contributed by atoms with van der Waals surface area (Å²) < 4.78 is 13.7. The molecule has 0 unspecified atom stereocenters. The molecular formula is C15H19FN4. The summed E-state index contributed by atoms with van der Waals surface area (Å²) in [5.74, 6) is 0.222. The van der Waals surface area contributed by atoms with Gasteiger partial charge in [-0.15, -0.1) is 0 Å².